The van der Waals surface area contributed by atoms with Gasteiger partial charge < -0.3 is 5.32 Å². The molecule has 35 heavy (non-hydrogen) atoms. The molecule has 6 nitrogen and oxygen atoms in total. The molecule has 0 spiro atoms. The van der Waals surface area contributed by atoms with Gasteiger partial charge in [-0.25, -0.2) is 9.50 Å². The van der Waals surface area contributed by atoms with Crippen molar-refractivity contribution in [2.75, 3.05) is 5.32 Å². The van der Waals surface area contributed by atoms with Crippen LogP contribution in [0.3, 0.4) is 0 Å². The van der Waals surface area contributed by atoms with E-state index in [0.717, 1.165) is 35.8 Å². The number of aromatic nitrogens is 3. The number of thiophene rings is 1. The molecule has 0 fully saturated rings. The van der Waals surface area contributed by atoms with Gasteiger partial charge in [0.05, 0.1) is 15.7 Å². The minimum atomic E-state index is -4.73. The van der Waals surface area contributed by atoms with E-state index in [4.69, 9.17) is 0 Å². The molecule has 0 radical (unpaired) electrons. The lowest BCUT2D eigenvalue weighted by Gasteiger charge is -2.17. The SMILES string of the molecule is C[C@@H]1CCc2c(sc(NC(=O)c3nn4c(C(F)(F)F)cc(-c5ccccc5)nc4c3Br)c2C#N)C1. The average molecular weight is 560 g/mol. The normalized spacial score (nSPS) is 15.6. The Balaban J connectivity index is 1.59. The van der Waals surface area contributed by atoms with Crippen LogP contribution >= 0.6 is 27.3 Å². The van der Waals surface area contributed by atoms with E-state index >= 15 is 0 Å². The number of hydrogen-bond acceptors (Lipinski definition) is 5. The fraction of sp³-hybridized carbons (Fsp3) is 0.250. The van der Waals surface area contributed by atoms with Gasteiger partial charge in [-0.2, -0.15) is 23.5 Å². The van der Waals surface area contributed by atoms with Crippen LogP contribution in [0.4, 0.5) is 18.2 Å². The van der Waals surface area contributed by atoms with Crippen LogP contribution in [0.1, 0.15) is 45.5 Å². The summed E-state index contributed by atoms with van der Waals surface area (Å²) in [6, 6.07) is 11.5. The summed E-state index contributed by atoms with van der Waals surface area (Å²) in [5, 5.41) is 16.7. The fourth-order valence-electron chi connectivity index (χ4n) is 4.21. The highest BCUT2D eigenvalue weighted by Gasteiger charge is 2.37. The van der Waals surface area contributed by atoms with Gasteiger partial charge in [0.1, 0.15) is 11.1 Å². The van der Waals surface area contributed by atoms with Crippen molar-refractivity contribution in [2.24, 2.45) is 5.92 Å². The van der Waals surface area contributed by atoms with E-state index in [2.05, 4.69) is 44.3 Å². The number of benzene rings is 1. The Hall–Kier alpha value is -3.23. The van der Waals surface area contributed by atoms with Crippen LogP contribution in [0.25, 0.3) is 16.9 Å². The van der Waals surface area contributed by atoms with Crippen molar-refractivity contribution < 1.29 is 18.0 Å². The molecule has 0 saturated carbocycles. The Morgan fingerprint density at radius 2 is 2.06 bits per heavy atom. The van der Waals surface area contributed by atoms with Gasteiger partial charge in [0.2, 0.25) is 0 Å². The summed E-state index contributed by atoms with van der Waals surface area (Å²) in [6.45, 7) is 2.13. The first-order valence-corrected chi connectivity index (χ1v) is 12.4. The molecule has 1 N–H and O–H groups in total. The van der Waals surface area contributed by atoms with Gasteiger partial charge in [0, 0.05) is 10.4 Å². The molecular formula is C24H17BrF3N5OS. The Kier molecular flexibility index (Phi) is 5.89. The lowest BCUT2D eigenvalue weighted by Crippen LogP contribution is -2.16. The van der Waals surface area contributed by atoms with Crippen molar-refractivity contribution in [1.29, 1.82) is 5.26 Å². The minimum Gasteiger partial charge on any atom is -0.311 e. The summed E-state index contributed by atoms with van der Waals surface area (Å²) in [7, 11) is 0. The molecule has 0 saturated heterocycles. The third-order valence-corrected chi connectivity index (χ3v) is 7.86. The van der Waals surface area contributed by atoms with Gasteiger partial charge in [-0.05, 0) is 52.7 Å². The predicted molar refractivity (Wildman–Crippen MR) is 129 cm³/mol. The van der Waals surface area contributed by atoms with E-state index in [1.54, 1.807) is 30.3 Å². The number of anilines is 1. The van der Waals surface area contributed by atoms with Crippen LogP contribution in [0, 0.1) is 17.2 Å². The molecular weight excluding hydrogens is 543 g/mol. The molecule has 3 heterocycles. The van der Waals surface area contributed by atoms with Gasteiger partial charge in [-0.1, -0.05) is 37.3 Å². The van der Waals surface area contributed by atoms with E-state index in [1.807, 2.05) is 0 Å². The molecule has 1 aromatic carbocycles. The van der Waals surface area contributed by atoms with Crippen LogP contribution in [0.15, 0.2) is 40.9 Å². The lowest BCUT2D eigenvalue weighted by molar-refractivity contribution is -0.142. The first-order chi connectivity index (χ1) is 16.7. The van der Waals surface area contributed by atoms with Gasteiger partial charge in [-0.15, -0.1) is 11.3 Å². The van der Waals surface area contributed by atoms with Gasteiger partial charge >= 0.3 is 6.18 Å². The number of fused-ring (bicyclic) bond motifs is 2. The number of halogens is 4. The second-order valence-corrected chi connectivity index (χ2v) is 10.3. The zero-order chi connectivity index (χ0) is 24.9. The summed E-state index contributed by atoms with van der Waals surface area (Å²) in [5.74, 6) is -0.241. The quantitative estimate of drug-likeness (QED) is 0.311. The van der Waals surface area contributed by atoms with E-state index in [9.17, 15) is 23.2 Å². The van der Waals surface area contributed by atoms with Crippen molar-refractivity contribution in [3.05, 3.63) is 68.3 Å². The van der Waals surface area contributed by atoms with Crippen LogP contribution in [0.2, 0.25) is 0 Å². The van der Waals surface area contributed by atoms with Crippen molar-refractivity contribution in [3.8, 4) is 17.3 Å². The molecule has 4 aromatic rings. The van der Waals surface area contributed by atoms with E-state index in [-0.39, 0.29) is 21.5 Å². The van der Waals surface area contributed by atoms with E-state index in [1.165, 1.54) is 11.3 Å². The summed E-state index contributed by atoms with van der Waals surface area (Å²) in [6.07, 6.45) is -2.20. The van der Waals surface area contributed by atoms with Crippen molar-refractivity contribution >= 4 is 43.8 Å². The average Bonchev–Trinajstić information content (AvgIpc) is 3.34. The molecule has 1 aliphatic rings. The number of carbonyl (C=O) groups is 1. The molecule has 1 atom stereocenters. The number of rotatable bonds is 3. The molecule has 1 aliphatic carbocycles. The van der Waals surface area contributed by atoms with Crippen LogP contribution in [-0.4, -0.2) is 20.5 Å². The standard InChI is InChI=1S/C24H17BrF3N5OS/c1-12-7-8-14-15(11-29)23(35-17(14)9-12)31-22(34)20-19(25)21-30-16(13-5-3-2-4-6-13)10-18(24(26,27)28)33(21)32-20/h2-6,10,12H,7-9H2,1H3,(H,31,34)/t12-/m1/s1. The fourth-order valence-corrected chi connectivity index (χ4v) is 6.09. The largest absolute Gasteiger partial charge is 0.433 e. The zero-order valence-corrected chi connectivity index (χ0v) is 20.7. The van der Waals surface area contributed by atoms with Gasteiger partial charge in [0.25, 0.3) is 5.91 Å². The number of hydrogen-bond donors (Lipinski definition) is 1. The molecule has 3 aromatic heterocycles. The summed E-state index contributed by atoms with van der Waals surface area (Å²) in [4.78, 5) is 18.5. The number of nitriles is 1. The summed E-state index contributed by atoms with van der Waals surface area (Å²) >= 11 is 4.57. The number of nitrogens with one attached hydrogen (secondary N) is 1. The third kappa shape index (κ3) is 4.21. The summed E-state index contributed by atoms with van der Waals surface area (Å²) < 4.78 is 42.4. The number of carbonyl (C=O) groups excluding carboxylic acids is 1. The maximum absolute atomic E-state index is 13.9. The number of nitrogens with zero attached hydrogens (tertiary/aromatic N) is 4. The minimum absolute atomic E-state index is 0.0340. The summed E-state index contributed by atoms with van der Waals surface area (Å²) in [5.41, 5.74) is 0.500. The Morgan fingerprint density at radius 3 is 2.74 bits per heavy atom. The third-order valence-electron chi connectivity index (χ3n) is 5.96. The molecule has 0 aliphatic heterocycles. The zero-order valence-electron chi connectivity index (χ0n) is 18.3. The van der Waals surface area contributed by atoms with Crippen molar-refractivity contribution in [3.63, 3.8) is 0 Å². The number of alkyl halides is 3. The lowest BCUT2D eigenvalue weighted by atomic mass is 9.89. The second-order valence-electron chi connectivity index (χ2n) is 8.41. The molecule has 0 unspecified atom stereocenters. The maximum atomic E-state index is 13.9. The molecule has 178 valence electrons. The highest BCUT2D eigenvalue weighted by molar-refractivity contribution is 9.10. The highest BCUT2D eigenvalue weighted by Crippen LogP contribution is 2.40. The second kappa shape index (κ2) is 8.77. The molecule has 11 heteroatoms. The van der Waals surface area contributed by atoms with E-state index in [0.29, 0.717) is 26.6 Å². The maximum Gasteiger partial charge on any atom is 0.433 e. The van der Waals surface area contributed by atoms with Crippen LogP contribution in [-0.2, 0) is 19.0 Å². The molecule has 5 rings (SSSR count). The Morgan fingerprint density at radius 1 is 1.31 bits per heavy atom. The Labute approximate surface area is 210 Å². The van der Waals surface area contributed by atoms with Crippen LogP contribution in [0.5, 0.6) is 0 Å². The topological polar surface area (TPSA) is 83.1 Å². The number of amides is 1. The predicted octanol–water partition coefficient (Wildman–Crippen LogP) is 6.49. The van der Waals surface area contributed by atoms with Gasteiger partial charge in [-0.3, -0.25) is 4.79 Å². The molecule has 1 amide bonds. The molecule has 0 bridgehead atoms. The monoisotopic (exact) mass is 559 g/mol. The van der Waals surface area contributed by atoms with Gasteiger partial charge in [0.15, 0.2) is 17.0 Å². The van der Waals surface area contributed by atoms with E-state index < -0.39 is 17.8 Å². The van der Waals surface area contributed by atoms with Crippen molar-refractivity contribution in [2.45, 2.75) is 32.4 Å². The highest BCUT2D eigenvalue weighted by atomic mass is 79.9. The smallest absolute Gasteiger partial charge is 0.311 e. The van der Waals surface area contributed by atoms with Crippen LogP contribution < -0.4 is 5.32 Å². The first-order valence-electron chi connectivity index (χ1n) is 10.7. The Bertz CT molecular complexity index is 1500. The van der Waals surface area contributed by atoms with Crippen molar-refractivity contribution in [1.82, 2.24) is 14.6 Å². The first kappa shape index (κ1) is 23.5.